The van der Waals surface area contributed by atoms with Crippen LogP contribution in [0.1, 0.15) is 43.8 Å². The fourth-order valence-corrected chi connectivity index (χ4v) is 5.34. The van der Waals surface area contributed by atoms with Crippen LogP contribution in [0.5, 0.6) is 5.75 Å². The van der Waals surface area contributed by atoms with E-state index in [1.807, 2.05) is 44.2 Å². The van der Waals surface area contributed by atoms with Gasteiger partial charge in [0.05, 0.1) is 25.4 Å². The first kappa shape index (κ1) is 26.4. The van der Waals surface area contributed by atoms with E-state index in [4.69, 9.17) is 14.5 Å². The Kier molecular flexibility index (Phi) is 7.97. The molecule has 196 valence electrons. The van der Waals surface area contributed by atoms with Crippen LogP contribution in [-0.2, 0) is 16.1 Å². The highest BCUT2D eigenvalue weighted by Gasteiger charge is 2.39. The second-order valence-electron chi connectivity index (χ2n) is 9.07. The van der Waals surface area contributed by atoms with Crippen LogP contribution in [0.4, 0.5) is 10.6 Å². The molecule has 10 heteroatoms. The lowest BCUT2D eigenvalue weighted by atomic mass is 9.99. The topological polar surface area (TPSA) is 113 Å². The molecule has 1 fully saturated rings. The summed E-state index contributed by atoms with van der Waals surface area (Å²) in [6.07, 6.45) is 1.68. The highest BCUT2D eigenvalue weighted by Crippen LogP contribution is 2.41. The van der Waals surface area contributed by atoms with Gasteiger partial charge in [-0.3, -0.25) is 4.90 Å². The molecule has 3 atom stereocenters. The molecule has 1 unspecified atom stereocenters. The van der Waals surface area contributed by atoms with E-state index < -0.39 is 12.1 Å². The molecule has 3 heterocycles. The number of carbonyl (C=O) groups is 2. The summed E-state index contributed by atoms with van der Waals surface area (Å²) in [6, 6.07) is 9.44. The van der Waals surface area contributed by atoms with Gasteiger partial charge in [0.2, 0.25) is 0 Å². The molecule has 3 N–H and O–H groups in total. The van der Waals surface area contributed by atoms with Gasteiger partial charge in [-0.05, 0) is 55.7 Å². The standard InChI is InChI=1S/C27H32N4O5S/c1-6-11-28-23-10-8-18(20(30-23)14-31-16(4)24(15(2)3)36-27(31)34)19-12-17(7-9-21(19)35-5)25-29-13-22(37-25)26(32)33/h7-10,12-13,16,24-25,29H,2,6,11,14H2,1,3-5H3,(H,28,30)(H,32,33)/t16-,24+,25?/m0/s1. The van der Waals surface area contributed by atoms with Crippen molar-refractivity contribution in [2.75, 3.05) is 19.0 Å². The molecule has 9 nitrogen and oxygen atoms in total. The lowest BCUT2D eigenvalue weighted by Crippen LogP contribution is -2.34. The summed E-state index contributed by atoms with van der Waals surface area (Å²) >= 11 is 1.24. The van der Waals surface area contributed by atoms with Gasteiger partial charge in [0.25, 0.3) is 0 Å². The van der Waals surface area contributed by atoms with Crippen LogP contribution < -0.4 is 15.4 Å². The third-order valence-electron chi connectivity index (χ3n) is 6.37. The van der Waals surface area contributed by atoms with E-state index in [1.165, 1.54) is 18.0 Å². The minimum absolute atomic E-state index is 0.195. The number of thioether (sulfide) groups is 1. The zero-order valence-corrected chi connectivity index (χ0v) is 22.2. The molecule has 0 radical (unpaired) electrons. The van der Waals surface area contributed by atoms with Gasteiger partial charge in [0.15, 0.2) is 0 Å². The van der Waals surface area contributed by atoms with Crippen molar-refractivity contribution in [3.05, 3.63) is 64.8 Å². The van der Waals surface area contributed by atoms with Gasteiger partial charge in [-0.25, -0.2) is 14.6 Å². The number of anilines is 1. The summed E-state index contributed by atoms with van der Waals surface area (Å²) in [6.45, 7) is 10.9. The van der Waals surface area contributed by atoms with Gasteiger partial charge in [-0.1, -0.05) is 31.3 Å². The fourth-order valence-electron chi connectivity index (χ4n) is 4.43. The average Bonchev–Trinajstić information content (AvgIpc) is 3.49. The largest absolute Gasteiger partial charge is 0.496 e. The Labute approximate surface area is 220 Å². The predicted octanol–water partition coefficient (Wildman–Crippen LogP) is 5.13. The van der Waals surface area contributed by atoms with Crippen molar-refractivity contribution in [1.82, 2.24) is 15.2 Å². The van der Waals surface area contributed by atoms with Gasteiger partial charge >= 0.3 is 12.1 Å². The van der Waals surface area contributed by atoms with Crippen molar-refractivity contribution in [3.8, 4) is 16.9 Å². The van der Waals surface area contributed by atoms with Crippen molar-refractivity contribution in [3.63, 3.8) is 0 Å². The number of rotatable bonds is 10. The summed E-state index contributed by atoms with van der Waals surface area (Å²) in [7, 11) is 1.60. The molecule has 0 bridgehead atoms. The molecule has 2 aliphatic heterocycles. The van der Waals surface area contributed by atoms with E-state index in [-0.39, 0.29) is 29.0 Å². The zero-order chi connectivity index (χ0) is 26.7. The lowest BCUT2D eigenvalue weighted by molar-refractivity contribution is -0.131. The summed E-state index contributed by atoms with van der Waals surface area (Å²) < 4.78 is 11.3. The van der Waals surface area contributed by atoms with Gasteiger partial charge in [0.1, 0.15) is 28.0 Å². The number of carboxylic acids is 1. The number of methoxy groups -OCH3 is 1. The van der Waals surface area contributed by atoms with Crippen LogP contribution in [0.2, 0.25) is 0 Å². The Hall–Kier alpha value is -3.66. The minimum atomic E-state index is -0.963. The number of hydrogen-bond acceptors (Lipinski definition) is 8. The van der Waals surface area contributed by atoms with Gasteiger partial charge in [-0.2, -0.15) is 0 Å². The number of amides is 1. The Bertz CT molecular complexity index is 1250. The number of hydrogen-bond donors (Lipinski definition) is 3. The summed E-state index contributed by atoms with van der Waals surface area (Å²) in [5.41, 5.74) is 3.99. The first-order chi connectivity index (χ1) is 17.7. The molecule has 0 saturated carbocycles. The van der Waals surface area contributed by atoms with Crippen LogP contribution in [-0.4, -0.2) is 52.9 Å². The van der Waals surface area contributed by atoms with Crippen LogP contribution >= 0.6 is 11.8 Å². The van der Waals surface area contributed by atoms with Crippen LogP contribution in [0.15, 0.2) is 53.6 Å². The second-order valence-corrected chi connectivity index (χ2v) is 10.2. The number of nitrogens with one attached hydrogen (secondary N) is 2. The summed E-state index contributed by atoms with van der Waals surface area (Å²) in [5, 5.41) is 15.5. The molecule has 37 heavy (non-hydrogen) atoms. The summed E-state index contributed by atoms with van der Waals surface area (Å²) in [5.74, 6) is 0.401. The van der Waals surface area contributed by atoms with E-state index in [0.29, 0.717) is 11.4 Å². The molecule has 2 aliphatic rings. The number of nitrogens with zero attached hydrogens (tertiary/aromatic N) is 2. The molecule has 1 amide bonds. The Morgan fingerprint density at radius 1 is 1.32 bits per heavy atom. The van der Waals surface area contributed by atoms with E-state index in [9.17, 15) is 14.7 Å². The maximum absolute atomic E-state index is 12.8. The monoisotopic (exact) mass is 524 g/mol. The van der Waals surface area contributed by atoms with E-state index >= 15 is 0 Å². The van der Waals surface area contributed by atoms with Crippen molar-refractivity contribution in [1.29, 1.82) is 0 Å². The highest BCUT2D eigenvalue weighted by atomic mass is 32.2. The molecular weight excluding hydrogens is 492 g/mol. The molecule has 2 aromatic rings. The maximum Gasteiger partial charge on any atom is 0.411 e. The average molecular weight is 525 g/mol. The lowest BCUT2D eigenvalue weighted by Gasteiger charge is -2.23. The Morgan fingerprint density at radius 2 is 2.11 bits per heavy atom. The van der Waals surface area contributed by atoms with Crippen LogP contribution in [0, 0.1) is 0 Å². The van der Waals surface area contributed by atoms with Gasteiger partial charge in [-0.15, -0.1) is 0 Å². The highest BCUT2D eigenvalue weighted by molar-refractivity contribution is 8.04. The second kappa shape index (κ2) is 11.2. The van der Waals surface area contributed by atoms with Gasteiger partial charge < -0.3 is 25.2 Å². The van der Waals surface area contributed by atoms with E-state index in [2.05, 4.69) is 24.1 Å². The predicted molar refractivity (Wildman–Crippen MR) is 144 cm³/mol. The molecule has 1 saturated heterocycles. The maximum atomic E-state index is 12.8. The third-order valence-corrected chi connectivity index (χ3v) is 7.56. The van der Waals surface area contributed by atoms with E-state index in [0.717, 1.165) is 41.0 Å². The number of carbonyl (C=O) groups excluding carboxylic acids is 1. The van der Waals surface area contributed by atoms with Crippen LogP contribution in [0.3, 0.4) is 0 Å². The van der Waals surface area contributed by atoms with Crippen molar-refractivity contribution in [2.24, 2.45) is 0 Å². The molecule has 1 aromatic carbocycles. The smallest absolute Gasteiger partial charge is 0.411 e. The number of cyclic esters (lactones) is 1. The minimum Gasteiger partial charge on any atom is -0.496 e. The third kappa shape index (κ3) is 5.53. The van der Waals surface area contributed by atoms with Crippen molar-refractivity contribution in [2.45, 2.75) is 51.3 Å². The molecule has 4 rings (SSSR count). The molecule has 0 spiro atoms. The number of aliphatic carboxylic acids is 1. The number of ether oxygens (including phenoxy) is 2. The Balaban J connectivity index is 1.73. The zero-order valence-electron chi connectivity index (χ0n) is 21.4. The number of pyridine rings is 1. The van der Waals surface area contributed by atoms with Crippen LogP contribution in [0.25, 0.3) is 11.1 Å². The first-order valence-corrected chi connectivity index (χ1v) is 13.0. The number of aromatic nitrogens is 1. The molecule has 1 aromatic heterocycles. The van der Waals surface area contributed by atoms with Gasteiger partial charge in [0, 0.05) is 23.9 Å². The SMILES string of the molecule is C=C(C)[C@H]1OC(=O)N(Cc2nc(NCCC)ccc2-c2cc(C3NC=C(C(=O)O)S3)ccc2OC)[C@H]1C. The molecule has 0 aliphatic carbocycles. The normalized spacial score (nSPS) is 20.8. The first-order valence-electron chi connectivity index (χ1n) is 12.1. The summed E-state index contributed by atoms with van der Waals surface area (Å²) in [4.78, 5) is 31.0. The van der Waals surface area contributed by atoms with Crippen molar-refractivity contribution < 1.29 is 24.2 Å². The fraction of sp³-hybridized carbons (Fsp3) is 0.370. The van der Waals surface area contributed by atoms with E-state index in [1.54, 1.807) is 12.0 Å². The van der Waals surface area contributed by atoms with Crippen molar-refractivity contribution >= 4 is 29.6 Å². The Morgan fingerprint density at radius 3 is 2.73 bits per heavy atom. The number of carboxylic acid groups (broad SMARTS) is 1. The quantitative estimate of drug-likeness (QED) is 0.364. The molecular formula is C27H32N4O5S. The number of benzene rings is 1.